The Morgan fingerprint density at radius 3 is 2.76 bits per heavy atom. The lowest BCUT2D eigenvalue weighted by molar-refractivity contribution is 0.0952. The summed E-state index contributed by atoms with van der Waals surface area (Å²) in [5, 5.41) is 3.80. The van der Waals surface area contributed by atoms with E-state index in [0.29, 0.717) is 18.0 Å². The molecule has 1 fully saturated rings. The molecule has 0 bridgehead atoms. The van der Waals surface area contributed by atoms with Gasteiger partial charge in [-0.1, -0.05) is 12.1 Å². The van der Waals surface area contributed by atoms with Gasteiger partial charge in [0.2, 0.25) is 0 Å². The lowest BCUT2D eigenvalue weighted by atomic mass is 10.1. The number of halogens is 2. The van der Waals surface area contributed by atoms with E-state index in [9.17, 15) is 4.79 Å². The van der Waals surface area contributed by atoms with Crippen LogP contribution >= 0.6 is 24.8 Å². The van der Waals surface area contributed by atoms with Crippen molar-refractivity contribution in [2.75, 3.05) is 6.54 Å². The first-order chi connectivity index (χ1) is 9.25. The van der Waals surface area contributed by atoms with Crippen LogP contribution in [0.5, 0.6) is 0 Å². The maximum absolute atomic E-state index is 12.2. The zero-order valence-corrected chi connectivity index (χ0v) is 13.1. The highest BCUT2D eigenvalue weighted by Crippen LogP contribution is 2.31. The van der Waals surface area contributed by atoms with E-state index in [1.807, 2.05) is 30.3 Å². The van der Waals surface area contributed by atoms with Crippen LogP contribution < -0.4 is 11.1 Å². The van der Waals surface area contributed by atoms with E-state index in [1.54, 1.807) is 6.20 Å². The number of benzene rings is 1. The molecule has 3 N–H and O–H groups in total. The van der Waals surface area contributed by atoms with Crippen molar-refractivity contribution in [1.82, 2.24) is 10.3 Å². The molecule has 1 aliphatic rings. The Balaban J connectivity index is 0.00000110. The summed E-state index contributed by atoms with van der Waals surface area (Å²) in [4.78, 5) is 16.5. The summed E-state index contributed by atoms with van der Waals surface area (Å²) in [6.45, 7) is 0.542. The smallest absolute Gasteiger partial charge is 0.252 e. The van der Waals surface area contributed by atoms with E-state index in [-0.39, 0.29) is 36.8 Å². The van der Waals surface area contributed by atoms with Crippen molar-refractivity contribution in [3.05, 3.63) is 42.1 Å². The molecule has 1 amide bonds. The van der Waals surface area contributed by atoms with Gasteiger partial charge in [-0.2, -0.15) is 0 Å². The van der Waals surface area contributed by atoms with Crippen molar-refractivity contribution < 1.29 is 4.79 Å². The fourth-order valence-electron chi connectivity index (χ4n) is 2.30. The molecular weight excluding hydrogens is 309 g/mol. The van der Waals surface area contributed by atoms with Crippen molar-refractivity contribution in [2.24, 2.45) is 11.7 Å². The van der Waals surface area contributed by atoms with E-state index >= 15 is 0 Å². The molecule has 1 aromatic heterocycles. The Hall–Kier alpha value is -1.36. The number of hydrogen-bond donors (Lipinski definition) is 2. The second-order valence-corrected chi connectivity index (χ2v) is 5.09. The second kappa shape index (κ2) is 7.59. The maximum atomic E-state index is 12.2. The summed E-state index contributed by atoms with van der Waals surface area (Å²) >= 11 is 0. The number of aromatic nitrogens is 1. The van der Waals surface area contributed by atoms with Gasteiger partial charge in [-0.25, -0.2) is 0 Å². The van der Waals surface area contributed by atoms with Crippen LogP contribution in [-0.2, 0) is 0 Å². The van der Waals surface area contributed by atoms with Crippen LogP contribution in [0, 0.1) is 5.92 Å². The van der Waals surface area contributed by atoms with E-state index in [2.05, 4.69) is 10.3 Å². The standard InChI is InChI=1S/C15H17N3O.2ClH/c16-13(10-6-7-10)9-18-15(19)12-3-1-5-14-11(12)4-2-8-17-14;;/h1-5,8,10,13H,6-7,9,16H2,(H,18,19);2*1H. The number of carbonyl (C=O) groups excluding carboxylic acids is 1. The third-order valence-electron chi connectivity index (χ3n) is 3.62. The highest BCUT2D eigenvalue weighted by Gasteiger charge is 2.28. The molecule has 21 heavy (non-hydrogen) atoms. The number of fused-ring (bicyclic) bond motifs is 1. The van der Waals surface area contributed by atoms with Crippen LogP contribution in [0.1, 0.15) is 23.2 Å². The topological polar surface area (TPSA) is 68.0 Å². The third-order valence-corrected chi connectivity index (χ3v) is 3.62. The Bertz CT molecular complexity index is 611. The van der Waals surface area contributed by atoms with Crippen molar-refractivity contribution in [3.63, 3.8) is 0 Å². The molecule has 6 heteroatoms. The van der Waals surface area contributed by atoms with Crippen LogP contribution in [0.25, 0.3) is 10.9 Å². The number of pyridine rings is 1. The molecule has 3 rings (SSSR count). The molecule has 0 saturated heterocycles. The van der Waals surface area contributed by atoms with Gasteiger partial charge < -0.3 is 11.1 Å². The minimum absolute atomic E-state index is 0. The van der Waals surface area contributed by atoms with E-state index in [1.165, 1.54) is 12.8 Å². The highest BCUT2D eigenvalue weighted by atomic mass is 35.5. The number of carbonyl (C=O) groups is 1. The van der Waals surface area contributed by atoms with Gasteiger partial charge in [-0.05, 0) is 37.0 Å². The maximum Gasteiger partial charge on any atom is 0.252 e. The molecule has 1 saturated carbocycles. The minimum atomic E-state index is -0.0744. The van der Waals surface area contributed by atoms with Gasteiger partial charge in [0.15, 0.2) is 0 Å². The molecule has 1 unspecified atom stereocenters. The van der Waals surface area contributed by atoms with Gasteiger partial charge in [0, 0.05) is 29.7 Å². The molecular formula is C15H19Cl2N3O. The molecule has 0 aliphatic heterocycles. The molecule has 0 radical (unpaired) electrons. The van der Waals surface area contributed by atoms with Crippen molar-refractivity contribution in [2.45, 2.75) is 18.9 Å². The van der Waals surface area contributed by atoms with Crippen LogP contribution in [0.4, 0.5) is 0 Å². The molecule has 0 spiro atoms. The van der Waals surface area contributed by atoms with Gasteiger partial charge in [0.1, 0.15) is 0 Å². The Morgan fingerprint density at radius 2 is 2.05 bits per heavy atom. The summed E-state index contributed by atoms with van der Waals surface area (Å²) in [5.74, 6) is 0.518. The van der Waals surface area contributed by atoms with Crippen LogP contribution in [0.2, 0.25) is 0 Å². The Kier molecular flexibility index (Phi) is 6.40. The van der Waals surface area contributed by atoms with Crippen molar-refractivity contribution in [3.8, 4) is 0 Å². The molecule has 1 aliphatic carbocycles. The number of rotatable bonds is 4. The first kappa shape index (κ1) is 17.7. The monoisotopic (exact) mass is 327 g/mol. The number of amides is 1. The predicted octanol–water partition coefficient (Wildman–Crippen LogP) is 2.55. The van der Waals surface area contributed by atoms with Gasteiger partial charge in [0.05, 0.1) is 5.52 Å². The predicted molar refractivity (Wildman–Crippen MR) is 89.3 cm³/mol. The number of nitrogens with zero attached hydrogens (tertiary/aromatic N) is 1. The molecule has 1 aromatic carbocycles. The van der Waals surface area contributed by atoms with E-state index in [4.69, 9.17) is 5.73 Å². The largest absolute Gasteiger partial charge is 0.350 e. The van der Waals surface area contributed by atoms with E-state index < -0.39 is 0 Å². The van der Waals surface area contributed by atoms with Crippen LogP contribution in [0.3, 0.4) is 0 Å². The van der Waals surface area contributed by atoms with Crippen LogP contribution in [0.15, 0.2) is 36.5 Å². The third kappa shape index (κ3) is 4.06. The Labute approximate surface area is 136 Å². The fraction of sp³-hybridized carbons (Fsp3) is 0.333. The summed E-state index contributed by atoms with van der Waals surface area (Å²) < 4.78 is 0. The lowest BCUT2D eigenvalue weighted by Crippen LogP contribution is -2.38. The van der Waals surface area contributed by atoms with E-state index in [0.717, 1.165) is 10.9 Å². The molecule has 4 nitrogen and oxygen atoms in total. The summed E-state index contributed by atoms with van der Waals surface area (Å²) in [6.07, 6.45) is 4.11. The number of nitrogens with one attached hydrogen (secondary N) is 1. The van der Waals surface area contributed by atoms with Gasteiger partial charge in [-0.15, -0.1) is 24.8 Å². The zero-order valence-electron chi connectivity index (χ0n) is 11.5. The Morgan fingerprint density at radius 1 is 1.29 bits per heavy atom. The first-order valence-electron chi connectivity index (χ1n) is 6.63. The summed E-state index contributed by atoms with van der Waals surface area (Å²) in [7, 11) is 0. The van der Waals surface area contributed by atoms with Gasteiger partial charge >= 0.3 is 0 Å². The van der Waals surface area contributed by atoms with Gasteiger partial charge in [-0.3, -0.25) is 9.78 Å². The fourth-order valence-corrected chi connectivity index (χ4v) is 2.30. The second-order valence-electron chi connectivity index (χ2n) is 5.09. The number of hydrogen-bond acceptors (Lipinski definition) is 3. The lowest BCUT2D eigenvalue weighted by Gasteiger charge is -2.12. The average Bonchev–Trinajstić information content (AvgIpc) is 3.28. The quantitative estimate of drug-likeness (QED) is 0.906. The molecule has 2 aromatic rings. The summed E-state index contributed by atoms with van der Waals surface area (Å²) in [5.41, 5.74) is 7.49. The minimum Gasteiger partial charge on any atom is -0.350 e. The summed E-state index contributed by atoms with van der Waals surface area (Å²) in [6, 6.07) is 9.42. The molecule has 1 heterocycles. The number of nitrogens with two attached hydrogens (primary N) is 1. The highest BCUT2D eigenvalue weighted by molar-refractivity contribution is 6.06. The molecule has 1 atom stereocenters. The normalized spacial score (nSPS) is 14.7. The zero-order chi connectivity index (χ0) is 13.2. The molecule has 114 valence electrons. The van der Waals surface area contributed by atoms with Crippen molar-refractivity contribution >= 4 is 41.6 Å². The van der Waals surface area contributed by atoms with Crippen molar-refractivity contribution in [1.29, 1.82) is 0 Å². The van der Waals surface area contributed by atoms with Crippen LogP contribution in [-0.4, -0.2) is 23.5 Å². The average molecular weight is 328 g/mol. The SMILES string of the molecule is Cl.Cl.NC(CNC(=O)c1cccc2ncccc12)C1CC1. The van der Waals surface area contributed by atoms with Gasteiger partial charge in [0.25, 0.3) is 5.91 Å². The first-order valence-corrected chi connectivity index (χ1v) is 6.63.